The molecular formula is C15H15Cl2N3O3S. The monoisotopic (exact) mass is 387 g/mol. The molecule has 2 aromatic rings. The molecule has 1 aliphatic carbocycles. The van der Waals surface area contributed by atoms with Gasteiger partial charge in [-0.3, -0.25) is 9.48 Å². The van der Waals surface area contributed by atoms with Crippen molar-refractivity contribution in [1.82, 2.24) is 14.5 Å². The lowest BCUT2D eigenvalue weighted by Crippen LogP contribution is -2.33. The minimum absolute atomic E-state index is 0.00442. The van der Waals surface area contributed by atoms with Crippen LogP contribution in [0.1, 0.15) is 40.4 Å². The molecule has 1 aliphatic rings. The molecule has 1 aromatic heterocycles. The van der Waals surface area contributed by atoms with E-state index in [0.29, 0.717) is 5.56 Å². The van der Waals surface area contributed by atoms with E-state index in [-0.39, 0.29) is 26.6 Å². The highest BCUT2D eigenvalue weighted by molar-refractivity contribution is 7.90. The van der Waals surface area contributed by atoms with E-state index in [1.54, 1.807) is 26.2 Å². The Morgan fingerprint density at radius 3 is 2.62 bits per heavy atom. The number of carbonyl (C=O) groups is 1. The number of aromatic nitrogens is 2. The molecule has 0 aliphatic heterocycles. The fourth-order valence-electron chi connectivity index (χ4n) is 2.52. The average Bonchev–Trinajstić information content (AvgIpc) is 3.25. The molecule has 1 saturated carbocycles. The van der Waals surface area contributed by atoms with Crippen molar-refractivity contribution in [2.24, 2.45) is 7.05 Å². The maximum atomic E-state index is 12.6. The number of aryl methyl sites for hydroxylation is 2. The first-order valence-electron chi connectivity index (χ1n) is 7.26. The van der Waals surface area contributed by atoms with Crippen LogP contribution in [-0.2, 0) is 17.1 Å². The molecule has 1 aromatic carbocycles. The van der Waals surface area contributed by atoms with E-state index in [4.69, 9.17) is 23.2 Å². The Labute approximate surface area is 149 Å². The lowest BCUT2D eigenvalue weighted by Gasteiger charge is -2.12. The molecule has 0 saturated heterocycles. The summed E-state index contributed by atoms with van der Waals surface area (Å²) in [5.41, 5.74) is 1.54. The molecule has 6 nitrogen and oxygen atoms in total. The largest absolute Gasteiger partial charge is 0.283 e. The number of amides is 1. The van der Waals surface area contributed by atoms with Gasteiger partial charge in [0.15, 0.2) is 0 Å². The van der Waals surface area contributed by atoms with Crippen molar-refractivity contribution in [1.29, 1.82) is 0 Å². The molecule has 24 heavy (non-hydrogen) atoms. The topological polar surface area (TPSA) is 81.1 Å². The fourth-order valence-corrected chi connectivity index (χ4v) is 4.67. The molecule has 3 rings (SSSR count). The minimum Gasteiger partial charge on any atom is -0.266 e. The second kappa shape index (κ2) is 6.06. The maximum absolute atomic E-state index is 12.6. The molecule has 0 bridgehead atoms. The first kappa shape index (κ1) is 17.3. The van der Waals surface area contributed by atoms with Gasteiger partial charge in [-0.1, -0.05) is 29.3 Å². The number of halogens is 2. The van der Waals surface area contributed by atoms with E-state index < -0.39 is 15.9 Å². The van der Waals surface area contributed by atoms with Crippen LogP contribution in [0.4, 0.5) is 0 Å². The zero-order chi connectivity index (χ0) is 17.6. The molecule has 9 heteroatoms. The van der Waals surface area contributed by atoms with Crippen LogP contribution in [0.5, 0.6) is 0 Å². The van der Waals surface area contributed by atoms with Crippen LogP contribution in [0.3, 0.4) is 0 Å². The Balaban J connectivity index is 1.98. The third-order valence-corrected chi connectivity index (χ3v) is 6.38. The lowest BCUT2D eigenvalue weighted by molar-refractivity contribution is 0.0971. The normalized spacial score (nSPS) is 14.7. The van der Waals surface area contributed by atoms with Crippen molar-refractivity contribution in [3.05, 3.63) is 45.2 Å². The van der Waals surface area contributed by atoms with Gasteiger partial charge in [0.25, 0.3) is 15.9 Å². The summed E-state index contributed by atoms with van der Waals surface area (Å²) in [7, 11) is -2.62. The number of hydrogen-bond donors (Lipinski definition) is 1. The molecule has 1 heterocycles. The number of nitrogens with one attached hydrogen (secondary N) is 1. The van der Waals surface area contributed by atoms with Crippen LogP contribution in [0, 0.1) is 6.92 Å². The highest BCUT2D eigenvalue weighted by Crippen LogP contribution is 2.41. The summed E-state index contributed by atoms with van der Waals surface area (Å²) in [4.78, 5) is 12.2. The van der Waals surface area contributed by atoms with Crippen LogP contribution in [-0.4, -0.2) is 24.1 Å². The Kier molecular flexibility index (Phi) is 4.36. The maximum Gasteiger partial charge on any atom is 0.283 e. The van der Waals surface area contributed by atoms with Crippen molar-refractivity contribution in [3.63, 3.8) is 0 Å². The second-order valence-electron chi connectivity index (χ2n) is 5.79. The predicted molar refractivity (Wildman–Crippen MR) is 91.0 cm³/mol. The van der Waals surface area contributed by atoms with Gasteiger partial charge >= 0.3 is 0 Å². The van der Waals surface area contributed by atoms with Gasteiger partial charge in [-0.25, -0.2) is 13.1 Å². The van der Waals surface area contributed by atoms with Crippen molar-refractivity contribution < 1.29 is 13.2 Å². The van der Waals surface area contributed by atoms with Crippen LogP contribution >= 0.6 is 23.2 Å². The molecule has 128 valence electrons. The van der Waals surface area contributed by atoms with E-state index in [0.717, 1.165) is 18.4 Å². The number of sulfonamides is 1. The number of rotatable bonds is 4. The SMILES string of the molecule is Cc1ccc(Cl)c(S(=O)(=O)NC(=O)c2c(C3CC3)cnn2C)c1Cl. The van der Waals surface area contributed by atoms with Gasteiger partial charge in [-0.2, -0.15) is 5.10 Å². The number of carbonyl (C=O) groups excluding carboxylic acids is 1. The fraction of sp³-hybridized carbons (Fsp3) is 0.333. The highest BCUT2D eigenvalue weighted by atomic mass is 35.5. The quantitative estimate of drug-likeness (QED) is 0.873. The molecule has 1 amide bonds. The van der Waals surface area contributed by atoms with Gasteiger partial charge in [0, 0.05) is 12.6 Å². The van der Waals surface area contributed by atoms with Crippen molar-refractivity contribution in [3.8, 4) is 0 Å². The summed E-state index contributed by atoms with van der Waals surface area (Å²) in [6.45, 7) is 1.66. The summed E-state index contributed by atoms with van der Waals surface area (Å²) >= 11 is 12.1. The Bertz CT molecular complexity index is 934. The summed E-state index contributed by atoms with van der Waals surface area (Å²) < 4.78 is 28.6. The summed E-state index contributed by atoms with van der Waals surface area (Å²) in [5.74, 6) is -0.487. The Morgan fingerprint density at radius 1 is 1.33 bits per heavy atom. The van der Waals surface area contributed by atoms with E-state index in [2.05, 4.69) is 9.82 Å². The molecule has 0 unspecified atom stereocenters. The van der Waals surface area contributed by atoms with Gasteiger partial charge in [0.05, 0.1) is 16.2 Å². The summed E-state index contributed by atoms with van der Waals surface area (Å²) in [6, 6.07) is 3.04. The van der Waals surface area contributed by atoms with Crippen LogP contribution < -0.4 is 4.72 Å². The predicted octanol–water partition coefficient (Wildman–Crippen LogP) is 3.03. The molecule has 1 N–H and O–H groups in total. The number of nitrogens with zero attached hydrogens (tertiary/aromatic N) is 2. The van der Waals surface area contributed by atoms with Gasteiger partial charge in [0.2, 0.25) is 0 Å². The lowest BCUT2D eigenvalue weighted by atomic mass is 10.1. The standard InChI is InChI=1S/C15H15Cl2N3O3S/c1-8-3-6-11(16)14(12(8)17)24(22,23)19-15(21)13-10(9-4-5-9)7-18-20(13)2/h3,6-7,9H,4-5H2,1-2H3,(H,19,21). The summed E-state index contributed by atoms with van der Waals surface area (Å²) in [6.07, 6.45) is 3.54. The van der Waals surface area contributed by atoms with E-state index in [1.165, 1.54) is 10.7 Å². The number of benzene rings is 1. The molecule has 0 spiro atoms. The zero-order valence-electron chi connectivity index (χ0n) is 13.0. The van der Waals surface area contributed by atoms with E-state index >= 15 is 0 Å². The van der Waals surface area contributed by atoms with Crippen LogP contribution in [0.25, 0.3) is 0 Å². The third kappa shape index (κ3) is 3.03. The second-order valence-corrected chi connectivity index (χ2v) is 8.19. The third-order valence-electron chi connectivity index (χ3n) is 3.94. The first-order valence-corrected chi connectivity index (χ1v) is 9.50. The van der Waals surface area contributed by atoms with Gasteiger partial charge in [-0.15, -0.1) is 0 Å². The molecule has 0 atom stereocenters. The van der Waals surface area contributed by atoms with Crippen molar-refractivity contribution in [2.45, 2.75) is 30.6 Å². The van der Waals surface area contributed by atoms with Crippen molar-refractivity contribution in [2.75, 3.05) is 0 Å². The minimum atomic E-state index is -4.21. The van der Waals surface area contributed by atoms with Gasteiger partial charge in [-0.05, 0) is 37.3 Å². The molecular weight excluding hydrogens is 373 g/mol. The van der Waals surface area contributed by atoms with Gasteiger partial charge in [0.1, 0.15) is 10.6 Å². The highest BCUT2D eigenvalue weighted by Gasteiger charge is 2.33. The number of hydrogen-bond acceptors (Lipinski definition) is 4. The van der Waals surface area contributed by atoms with Crippen molar-refractivity contribution >= 4 is 39.1 Å². The zero-order valence-corrected chi connectivity index (χ0v) is 15.3. The Hall–Kier alpha value is -1.57. The van der Waals surface area contributed by atoms with Gasteiger partial charge < -0.3 is 0 Å². The van der Waals surface area contributed by atoms with E-state index in [9.17, 15) is 13.2 Å². The van der Waals surface area contributed by atoms with E-state index in [1.807, 2.05) is 0 Å². The summed E-state index contributed by atoms with van der Waals surface area (Å²) in [5, 5.41) is 4.01. The first-order chi connectivity index (χ1) is 11.2. The Morgan fingerprint density at radius 2 is 2.00 bits per heavy atom. The average molecular weight is 388 g/mol. The molecule has 1 fully saturated rings. The van der Waals surface area contributed by atoms with Crippen LogP contribution in [0.15, 0.2) is 23.2 Å². The van der Waals surface area contributed by atoms with Crippen LogP contribution in [0.2, 0.25) is 10.0 Å². The smallest absolute Gasteiger partial charge is 0.266 e. The molecule has 0 radical (unpaired) electrons.